The highest BCUT2D eigenvalue weighted by Crippen LogP contribution is 2.16. The van der Waals surface area contributed by atoms with Crippen molar-refractivity contribution in [1.29, 1.82) is 0 Å². The first-order valence-electron chi connectivity index (χ1n) is 5.86. The van der Waals surface area contributed by atoms with Gasteiger partial charge < -0.3 is 4.57 Å². The van der Waals surface area contributed by atoms with Gasteiger partial charge in [-0.1, -0.05) is 18.2 Å². The van der Waals surface area contributed by atoms with Gasteiger partial charge in [-0.05, 0) is 17.5 Å². The van der Waals surface area contributed by atoms with E-state index in [0.717, 1.165) is 21.6 Å². The van der Waals surface area contributed by atoms with E-state index in [-0.39, 0.29) is 5.56 Å². The number of fused-ring (bicyclic) bond motifs is 1. The van der Waals surface area contributed by atoms with Crippen LogP contribution in [0.4, 0.5) is 0 Å². The average molecular weight is 291 g/mol. The van der Waals surface area contributed by atoms with Gasteiger partial charge in [0.2, 0.25) is 0 Å². The summed E-state index contributed by atoms with van der Waals surface area (Å²) in [6.45, 7) is 0.488. The lowest BCUT2D eigenvalue weighted by Crippen LogP contribution is -2.19. The number of rotatable bonds is 3. The van der Waals surface area contributed by atoms with E-state index in [4.69, 9.17) is 11.6 Å². The molecular weight excluding hydrogens is 280 g/mol. The third-order valence-electron chi connectivity index (χ3n) is 2.93. The van der Waals surface area contributed by atoms with Crippen molar-refractivity contribution >= 4 is 33.8 Å². The molecule has 3 nitrogen and oxygen atoms in total. The Bertz CT molecular complexity index is 778. The van der Waals surface area contributed by atoms with Gasteiger partial charge in [-0.2, -0.15) is 0 Å². The predicted octanol–water partition coefficient (Wildman–Crippen LogP) is 3.25. The Morgan fingerprint density at radius 2 is 2.05 bits per heavy atom. The zero-order valence-electron chi connectivity index (χ0n) is 10.0. The number of benzene rings is 1. The van der Waals surface area contributed by atoms with E-state index >= 15 is 0 Å². The van der Waals surface area contributed by atoms with E-state index < -0.39 is 0 Å². The minimum absolute atomic E-state index is 0.0127. The van der Waals surface area contributed by atoms with Crippen LogP contribution < -0.4 is 5.56 Å². The van der Waals surface area contributed by atoms with Crippen LogP contribution in [0.25, 0.3) is 10.9 Å². The van der Waals surface area contributed by atoms with E-state index in [9.17, 15) is 4.79 Å². The standard InChI is InChI=1S/C14H11ClN2OS/c15-7-11-9-19-13(16-11)8-17-12-4-2-1-3-10(12)5-6-14(17)18/h1-6,9H,7-8H2. The first kappa shape index (κ1) is 12.4. The molecule has 3 aromatic rings. The molecule has 0 aliphatic heterocycles. The number of hydrogen-bond acceptors (Lipinski definition) is 3. The fourth-order valence-electron chi connectivity index (χ4n) is 2.03. The molecule has 3 rings (SSSR count). The maximum atomic E-state index is 12.0. The minimum atomic E-state index is -0.0127. The van der Waals surface area contributed by atoms with Crippen LogP contribution >= 0.6 is 22.9 Å². The smallest absolute Gasteiger partial charge is 0.251 e. The molecular formula is C14H11ClN2OS. The summed E-state index contributed by atoms with van der Waals surface area (Å²) in [7, 11) is 0. The molecule has 0 atom stereocenters. The normalized spacial score (nSPS) is 11.0. The van der Waals surface area contributed by atoms with Crippen molar-refractivity contribution in [3.63, 3.8) is 0 Å². The summed E-state index contributed by atoms with van der Waals surface area (Å²) in [6.07, 6.45) is 0. The lowest BCUT2D eigenvalue weighted by atomic mass is 10.2. The van der Waals surface area contributed by atoms with Crippen molar-refractivity contribution < 1.29 is 0 Å². The van der Waals surface area contributed by atoms with Crippen molar-refractivity contribution in [1.82, 2.24) is 9.55 Å². The number of halogens is 1. The van der Waals surface area contributed by atoms with Gasteiger partial charge in [-0.25, -0.2) is 4.98 Å². The molecule has 0 saturated heterocycles. The number of thiazole rings is 1. The Balaban J connectivity index is 2.09. The van der Waals surface area contributed by atoms with Crippen LogP contribution in [0.3, 0.4) is 0 Å². The molecule has 0 aliphatic carbocycles. The number of pyridine rings is 1. The number of para-hydroxylation sites is 1. The second-order valence-corrected chi connectivity index (χ2v) is 5.39. The highest BCUT2D eigenvalue weighted by atomic mass is 35.5. The fraction of sp³-hybridized carbons (Fsp3) is 0.143. The van der Waals surface area contributed by atoms with Crippen LogP contribution in [-0.4, -0.2) is 9.55 Å². The zero-order valence-corrected chi connectivity index (χ0v) is 11.6. The third-order valence-corrected chi connectivity index (χ3v) is 4.08. The van der Waals surface area contributed by atoms with Gasteiger partial charge in [0.05, 0.1) is 23.6 Å². The number of nitrogens with zero attached hydrogens (tertiary/aromatic N) is 2. The van der Waals surface area contributed by atoms with E-state index in [1.807, 2.05) is 35.7 Å². The van der Waals surface area contributed by atoms with E-state index in [0.29, 0.717) is 12.4 Å². The Morgan fingerprint density at radius 3 is 2.84 bits per heavy atom. The van der Waals surface area contributed by atoms with E-state index in [2.05, 4.69) is 4.98 Å². The van der Waals surface area contributed by atoms with Crippen molar-refractivity contribution in [3.05, 3.63) is 62.8 Å². The number of aromatic nitrogens is 2. The monoisotopic (exact) mass is 290 g/mol. The SMILES string of the molecule is O=c1ccc2ccccc2n1Cc1nc(CCl)cs1. The lowest BCUT2D eigenvalue weighted by Gasteiger charge is -2.07. The molecule has 2 aromatic heterocycles. The molecule has 0 spiro atoms. The summed E-state index contributed by atoms with van der Waals surface area (Å²) in [6, 6.07) is 11.3. The summed E-state index contributed by atoms with van der Waals surface area (Å²) in [4.78, 5) is 16.4. The second kappa shape index (κ2) is 5.15. The zero-order chi connectivity index (χ0) is 13.2. The van der Waals surface area contributed by atoms with Crippen molar-refractivity contribution in [2.24, 2.45) is 0 Å². The van der Waals surface area contributed by atoms with Crippen molar-refractivity contribution in [2.45, 2.75) is 12.4 Å². The molecule has 0 N–H and O–H groups in total. The largest absolute Gasteiger partial charge is 0.301 e. The van der Waals surface area contributed by atoms with Crippen LogP contribution in [-0.2, 0) is 12.4 Å². The van der Waals surface area contributed by atoms with Crippen LogP contribution in [0.5, 0.6) is 0 Å². The fourth-order valence-corrected chi connectivity index (χ4v) is 3.04. The molecule has 19 heavy (non-hydrogen) atoms. The van der Waals surface area contributed by atoms with E-state index in [1.165, 1.54) is 11.3 Å². The Kier molecular flexibility index (Phi) is 3.36. The van der Waals surface area contributed by atoms with E-state index in [1.54, 1.807) is 10.6 Å². The maximum absolute atomic E-state index is 12.0. The van der Waals surface area contributed by atoms with Crippen LogP contribution in [0.2, 0.25) is 0 Å². The third kappa shape index (κ3) is 2.41. The average Bonchev–Trinajstić information content (AvgIpc) is 2.90. The molecule has 1 aromatic carbocycles. The van der Waals surface area contributed by atoms with Gasteiger partial charge in [0, 0.05) is 11.4 Å². The van der Waals surface area contributed by atoms with Crippen LogP contribution in [0, 0.1) is 0 Å². The second-order valence-electron chi connectivity index (χ2n) is 4.18. The highest BCUT2D eigenvalue weighted by molar-refractivity contribution is 7.09. The Hall–Kier alpha value is -1.65. The van der Waals surface area contributed by atoms with Crippen LogP contribution in [0.15, 0.2) is 46.6 Å². The molecule has 0 amide bonds. The highest BCUT2D eigenvalue weighted by Gasteiger charge is 2.06. The summed E-state index contributed by atoms with van der Waals surface area (Å²) in [5, 5.41) is 3.88. The summed E-state index contributed by atoms with van der Waals surface area (Å²) in [5.41, 5.74) is 1.77. The quantitative estimate of drug-likeness (QED) is 0.694. The van der Waals surface area contributed by atoms with Crippen LogP contribution in [0.1, 0.15) is 10.7 Å². The number of alkyl halides is 1. The first-order chi connectivity index (χ1) is 9.28. The molecule has 0 saturated carbocycles. The molecule has 0 radical (unpaired) electrons. The topological polar surface area (TPSA) is 34.9 Å². The van der Waals surface area contributed by atoms with Crippen molar-refractivity contribution in [3.8, 4) is 0 Å². The predicted molar refractivity (Wildman–Crippen MR) is 79.0 cm³/mol. The van der Waals surface area contributed by atoms with Gasteiger partial charge in [0.25, 0.3) is 5.56 Å². The summed E-state index contributed by atoms with van der Waals surface area (Å²) < 4.78 is 1.74. The lowest BCUT2D eigenvalue weighted by molar-refractivity contribution is 0.785. The van der Waals surface area contributed by atoms with Gasteiger partial charge in [0.1, 0.15) is 5.01 Å². The molecule has 0 bridgehead atoms. The first-order valence-corrected chi connectivity index (χ1v) is 7.27. The molecule has 0 unspecified atom stereocenters. The van der Waals surface area contributed by atoms with Gasteiger partial charge >= 0.3 is 0 Å². The van der Waals surface area contributed by atoms with Gasteiger partial charge in [-0.3, -0.25) is 4.79 Å². The maximum Gasteiger partial charge on any atom is 0.251 e. The summed E-state index contributed by atoms with van der Waals surface area (Å²) >= 11 is 7.28. The molecule has 0 aliphatic rings. The van der Waals surface area contributed by atoms with Crippen molar-refractivity contribution in [2.75, 3.05) is 0 Å². The summed E-state index contributed by atoms with van der Waals surface area (Å²) in [5.74, 6) is 0.404. The Morgan fingerprint density at radius 1 is 1.21 bits per heavy atom. The Labute approximate surface area is 119 Å². The molecule has 5 heteroatoms. The molecule has 96 valence electrons. The number of hydrogen-bond donors (Lipinski definition) is 0. The van der Waals surface area contributed by atoms with Gasteiger partial charge in [-0.15, -0.1) is 22.9 Å². The minimum Gasteiger partial charge on any atom is -0.301 e. The van der Waals surface area contributed by atoms with Gasteiger partial charge in [0.15, 0.2) is 0 Å². The molecule has 2 heterocycles. The molecule has 0 fully saturated rings.